The fourth-order valence-electron chi connectivity index (χ4n) is 3.08. The summed E-state index contributed by atoms with van der Waals surface area (Å²) in [6.45, 7) is 6.34. The molecule has 6 nitrogen and oxygen atoms in total. The number of piperidine rings is 1. The number of nitrogens with zero attached hydrogens (tertiary/aromatic N) is 2. The van der Waals surface area contributed by atoms with Gasteiger partial charge in [-0.1, -0.05) is 11.6 Å². The minimum Gasteiger partial charge on any atom is -0.466 e. The van der Waals surface area contributed by atoms with Gasteiger partial charge in [-0.2, -0.15) is 0 Å². The molecular weight excluding hydrogens is 294 g/mol. The molecule has 0 saturated carbocycles. The Hall–Kier alpha value is -1.56. The average Bonchev–Trinajstić information content (AvgIpc) is 2.60. The Balaban J connectivity index is 1.80. The molecule has 6 heteroatoms. The molecule has 23 heavy (non-hydrogen) atoms. The van der Waals surface area contributed by atoms with E-state index in [1.807, 2.05) is 6.92 Å². The monoisotopic (exact) mass is 323 g/mol. The van der Waals surface area contributed by atoms with Crippen LogP contribution < -0.4 is 5.32 Å². The summed E-state index contributed by atoms with van der Waals surface area (Å²) in [4.78, 5) is 18.5. The van der Waals surface area contributed by atoms with Gasteiger partial charge in [0.2, 0.25) is 0 Å². The first kappa shape index (κ1) is 17.8. The molecule has 2 rings (SSSR count). The van der Waals surface area contributed by atoms with Crippen LogP contribution in [0.3, 0.4) is 0 Å². The van der Waals surface area contributed by atoms with Gasteiger partial charge in [0.25, 0.3) is 0 Å². The molecule has 0 bridgehead atoms. The van der Waals surface area contributed by atoms with Crippen molar-refractivity contribution in [3.8, 4) is 0 Å². The lowest BCUT2D eigenvalue weighted by Crippen LogP contribution is -2.48. The molecule has 1 fully saturated rings. The molecule has 2 heterocycles. The number of likely N-dealkylation sites (tertiary alicyclic amines) is 1. The highest BCUT2D eigenvalue weighted by atomic mass is 16.5. The molecule has 0 radical (unpaired) electrons. The summed E-state index contributed by atoms with van der Waals surface area (Å²) in [5.41, 5.74) is 1.45. The molecule has 0 aliphatic carbocycles. The number of hydrogen-bond acceptors (Lipinski definition) is 4. The fourth-order valence-corrected chi connectivity index (χ4v) is 3.08. The van der Waals surface area contributed by atoms with Gasteiger partial charge in [-0.25, -0.2) is 0 Å². The first-order chi connectivity index (χ1) is 11.2. The van der Waals surface area contributed by atoms with Crippen LogP contribution in [0.5, 0.6) is 0 Å². The highest BCUT2D eigenvalue weighted by molar-refractivity contribution is 5.81. The lowest BCUT2D eigenvalue weighted by Gasteiger charge is -2.34. The van der Waals surface area contributed by atoms with Crippen LogP contribution in [0.4, 0.5) is 0 Å². The quantitative estimate of drug-likeness (QED) is 0.360. The minimum absolute atomic E-state index is 0.0412. The maximum Gasteiger partial charge on any atom is 0.310 e. The van der Waals surface area contributed by atoms with Crippen LogP contribution in [0, 0.1) is 5.92 Å². The lowest BCUT2D eigenvalue weighted by molar-refractivity contribution is -0.149. The van der Waals surface area contributed by atoms with Crippen molar-refractivity contribution in [1.82, 2.24) is 10.2 Å². The predicted molar refractivity (Wildman–Crippen MR) is 90.4 cm³/mol. The molecule has 2 aliphatic rings. The van der Waals surface area contributed by atoms with E-state index in [2.05, 4.69) is 21.3 Å². The summed E-state index contributed by atoms with van der Waals surface area (Å²) >= 11 is 0. The third-order valence-corrected chi connectivity index (χ3v) is 4.34. The molecule has 130 valence electrons. The van der Waals surface area contributed by atoms with Gasteiger partial charge in [-0.15, -0.1) is 0 Å². The van der Waals surface area contributed by atoms with Crippen LogP contribution in [0.25, 0.3) is 0 Å². The number of esters is 1. The maximum atomic E-state index is 11.9. The lowest BCUT2D eigenvalue weighted by atomic mass is 9.98. The van der Waals surface area contributed by atoms with Gasteiger partial charge >= 0.3 is 5.97 Å². The summed E-state index contributed by atoms with van der Waals surface area (Å²) < 4.78 is 10.5. The van der Waals surface area contributed by atoms with Gasteiger partial charge in [0.1, 0.15) is 0 Å². The Morgan fingerprint density at radius 2 is 2.43 bits per heavy atom. The van der Waals surface area contributed by atoms with Crippen LogP contribution in [0.1, 0.15) is 32.6 Å². The minimum atomic E-state index is -0.0833. The van der Waals surface area contributed by atoms with Crippen molar-refractivity contribution in [3.63, 3.8) is 0 Å². The first-order valence-electron chi connectivity index (χ1n) is 8.62. The molecule has 0 spiro atoms. The first-order valence-corrected chi connectivity index (χ1v) is 8.62. The van der Waals surface area contributed by atoms with Crippen molar-refractivity contribution in [2.75, 3.05) is 46.5 Å². The summed E-state index contributed by atoms with van der Waals surface area (Å²) in [6, 6.07) is 0. The van der Waals surface area contributed by atoms with E-state index in [1.54, 1.807) is 7.05 Å². The van der Waals surface area contributed by atoms with E-state index < -0.39 is 0 Å². The SMILES string of the molecule is CCOC(=O)C1CCCN(C(=NC)NCCC2=CCOCC2)C1. The number of ether oxygens (including phenoxy) is 2. The largest absolute Gasteiger partial charge is 0.466 e. The molecule has 0 aromatic carbocycles. The van der Waals surface area contributed by atoms with Crippen molar-refractivity contribution >= 4 is 11.9 Å². The van der Waals surface area contributed by atoms with Crippen LogP contribution in [-0.2, 0) is 14.3 Å². The molecule has 1 atom stereocenters. The standard InChI is InChI=1S/C17H29N3O3/c1-3-23-16(21)15-5-4-10-20(13-15)17(18-2)19-9-6-14-7-11-22-12-8-14/h7,15H,3-6,8-13H2,1-2H3,(H,18,19). The molecule has 0 amide bonds. The van der Waals surface area contributed by atoms with E-state index in [-0.39, 0.29) is 11.9 Å². The van der Waals surface area contributed by atoms with Crippen molar-refractivity contribution < 1.29 is 14.3 Å². The third kappa shape index (κ3) is 5.53. The Morgan fingerprint density at radius 3 is 3.13 bits per heavy atom. The molecule has 0 aromatic heterocycles. The van der Waals surface area contributed by atoms with Gasteiger partial charge in [0.15, 0.2) is 5.96 Å². The average molecular weight is 323 g/mol. The second kappa shape index (κ2) is 9.55. The van der Waals surface area contributed by atoms with E-state index in [9.17, 15) is 4.79 Å². The van der Waals surface area contributed by atoms with Crippen molar-refractivity contribution in [3.05, 3.63) is 11.6 Å². The Labute approximate surface area is 138 Å². The number of carbonyl (C=O) groups excluding carboxylic acids is 1. The van der Waals surface area contributed by atoms with E-state index in [1.165, 1.54) is 5.57 Å². The van der Waals surface area contributed by atoms with Crippen LogP contribution >= 0.6 is 0 Å². The second-order valence-corrected chi connectivity index (χ2v) is 5.95. The zero-order chi connectivity index (χ0) is 16.5. The topological polar surface area (TPSA) is 63.2 Å². The second-order valence-electron chi connectivity index (χ2n) is 5.95. The normalized spacial score (nSPS) is 22.5. The van der Waals surface area contributed by atoms with Crippen LogP contribution in [-0.4, -0.2) is 63.3 Å². The third-order valence-electron chi connectivity index (χ3n) is 4.34. The number of guanidine groups is 1. The molecular formula is C17H29N3O3. The van der Waals surface area contributed by atoms with Gasteiger partial charge in [0.05, 0.1) is 25.7 Å². The fraction of sp³-hybridized carbons (Fsp3) is 0.765. The Bertz CT molecular complexity index is 448. The Morgan fingerprint density at radius 1 is 1.57 bits per heavy atom. The Kier molecular flexibility index (Phi) is 7.39. The van der Waals surface area contributed by atoms with Crippen molar-refractivity contribution in [2.24, 2.45) is 10.9 Å². The number of carbonyl (C=O) groups is 1. The van der Waals surface area contributed by atoms with Gasteiger partial charge < -0.3 is 19.7 Å². The van der Waals surface area contributed by atoms with E-state index >= 15 is 0 Å². The molecule has 1 unspecified atom stereocenters. The van der Waals surface area contributed by atoms with Gasteiger partial charge in [0, 0.05) is 26.7 Å². The molecule has 1 N–H and O–H groups in total. The van der Waals surface area contributed by atoms with Crippen LogP contribution in [0.2, 0.25) is 0 Å². The van der Waals surface area contributed by atoms with E-state index in [0.29, 0.717) is 13.2 Å². The van der Waals surface area contributed by atoms with Gasteiger partial charge in [-0.05, 0) is 32.6 Å². The number of nitrogens with one attached hydrogen (secondary N) is 1. The molecule has 2 aliphatic heterocycles. The highest BCUT2D eigenvalue weighted by Gasteiger charge is 2.28. The van der Waals surface area contributed by atoms with E-state index in [4.69, 9.17) is 9.47 Å². The number of rotatable bonds is 5. The smallest absolute Gasteiger partial charge is 0.310 e. The van der Waals surface area contributed by atoms with Crippen LogP contribution in [0.15, 0.2) is 16.6 Å². The molecule has 0 aromatic rings. The van der Waals surface area contributed by atoms with Crippen molar-refractivity contribution in [2.45, 2.75) is 32.6 Å². The summed E-state index contributed by atoms with van der Waals surface area (Å²) in [7, 11) is 1.80. The zero-order valence-electron chi connectivity index (χ0n) is 14.3. The number of aliphatic imine (C=N–C) groups is 1. The highest BCUT2D eigenvalue weighted by Crippen LogP contribution is 2.18. The van der Waals surface area contributed by atoms with Crippen molar-refractivity contribution in [1.29, 1.82) is 0 Å². The zero-order valence-corrected chi connectivity index (χ0v) is 14.3. The van der Waals surface area contributed by atoms with Gasteiger partial charge in [-0.3, -0.25) is 9.79 Å². The summed E-state index contributed by atoms with van der Waals surface area (Å²) in [5.74, 6) is 0.757. The molecule has 1 saturated heterocycles. The number of hydrogen-bond donors (Lipinski definition) is 1. The summed E-state index contributed by atoms with van der Waals surface area (Å²) in [5, 5.41) is 3.42. The predicted octanol–water partition coefficient (Wildman–Crippen LogP) is 1.57. The van der Waals surface area contributed by atoms with E-state index in [0.717, 1.165) is 57.9 Å². The summed E-state index contributed by atoms with van der Waals surface area (Å²) in [6.07, 6.45) is 6.10. The maximum absolute atomic E-state index is 11.9.